The summed E-state index contributed by atoms with van der Waals surface area (Å²) in [6.07, 6.45) is 15.5. The van der Waals surface area contributed by atoms with Gasteiger partial charge in [0.2, 0.25) is 0 Å². The van der Waals surface area contributed by atoms with Gasteiger partial charge in [-0.1, -0.05) is 43.0 Å². The van der Waals surface area contributed by atoms with E-state index in [1.807, 2.05) is 54.8 Å². The molecule has 0 saturated heterocycles. The van der Waals surface area contributed by atoms with Crippen LogP contribution in [0, 0.1) is 0 Å². The SMILES string of the molecule is C=C(c1coc(C(=O)Nc2cccnc2)c1)c1cc(-c2ccccc2OC2C=CC=CC2)cnc1NC. The Kier molecular flexibility index (Phi) is 6.94. The zero-order valence-electron chi connectivity index (χ0n) is 20.3. The number of nitrogens with one attached hydrogen (secondary N) is 2. The van der Waals surface area contributed by atoms with E-state index in [1.54, 1.807) is 37.6 Å². The third-order valence-electron chi connectivity index (χ3n) is 5.96. The van der Waals surface area contributed by atoms with E-state index in [4.69, 9.17) is 9.15 Å². The highest BCUT2D eigenvalue weighted by Gasteiger charge is 2.18. The number of benzene rings is 1. The number of carbonyl (C=O) groups excluding carboxylic acids is 1. The summed E-state index contributed by atoms with van der Waals surface area (Å²) in [5.74, 6) is 1.24. The maximum atomic E-state index is 12.6. The monoisotopic (exact) mass is 490 g/mol. The fraction of sp³-hybridized carbons (Fsp3) is 0.100. The van der Waals surface area contributed by atoms with Gasteiger partial charge >= 0.3 is 0 Å². The van der Waals surface area contributed by atoms with Crippen molar-refractivity contribution < 1.29 is 13.9 Å². The molecule has 1 aliphatic carbocycles. The molecule has 0 radical (unpaired) electrons. The molecule has 3 aromatic heterocycles. The van der Waals surface area contributed by atoms with Crippen LogP contribution >= 0.6 is 0 Å². The van der Waals surface area contributed by atoms with Crippen LogP contribution in [0.25, 0.3) is 16.7 Å². The van der Waals surface area contributed by atoms with Gasteiger partial charge in [0.1, 0.15) is 17.7 Å². The number of carbonyl (C=O) groups is 1. The first-order valence-corrected chi connectivity index (χ1v) is 11.9. The first-order valence-electron chi connectivity index (χ1n) is 11.9. The van der Waals surface area contributed by atoms with Crippen molar-refractivity contribution in [1.29, 1.82) is 0 Å². The molecule has 0 saturated carbocycles. The molecule has 0 spiro atoms. The van der Waals surface area contributed by atoms with Crippen molar-refractivity contribution in [3.05, 3.63) is 121 Å². The fourth-order valence-electron chi connectivity index (χ4n) is 4.06. The van der Waals surface area contributed by atoms with Gasteiger partial charge in [0.25, 0.3) is 5.91 Å². The van der Waals surface area contributed by atoms with E-state index in [0.29, 0.717) is 22.6 Å². The topological polar surface area (TPSA) is 89.3 Å². The molecule has 1 aliphatic rings. The maximum absolute atomic E-state index is 12.6. The van der Waals surface area contributed by atoms with Crippen molar-refractivity contribution in [3.63, 3.8) is 0 Å². The van der Waals surface area contributed by atoms with Gasteiger partial charge in [-0.2, -0.15) is 0 Å². The number of nitrogens with zero attached hydrogens (tertiary/aromatic N) is 2. The smallest absolute Gasteiger partial charge is 0.291 e. The van der Waals surface area contributed by atoms with Gasteiger partial charge in [-0.15, -0.1) is 0 Å². The van der Waals surface area contributed by atoms with Crippen LogP contribution in [0.2, 0.25) is 0 Å². The zero-order valence-corrected chi connectivity index (χ0v) is 20.3. The predicted octanol–water partition coefficient (Wildman–Crippen LogP) is 6.36. The summed E-state index contributed by atoms with van der Waals surface area (Å²) < 4.78 is 11.9. The third-order valence-corrected chi connectivity index (χ3v) is 5.96. The van der Waals surface area contributed by atoms with Crippen molar-refractivity contribution in [2.75, 3.05) is 17.7 Å². The highest BCUT2D eigenvalue weighted by molar-refractivity contribution is 6.03. The third kappa shape index (κ3) is 5.36. The van der Waals surface area contributed by atoms with Gasteiger partial charge in [-0.25, -0.2) is 4.98 Å². The lowest BCUT2D eigenvalue weighted by Gasteiger charge is -2.19. The summed E-state index contributed by atoms with van der Waals surface area (Å²) in [5, 5.41) is 5.90. The Balaban J connectivity index is 1.42. The van der Waals surface area contributed by atoms with Crippen LogP contribution in [0.15, 0.2) is 109 Å². The summed E-state index contributed by atoms with van der Waals surface area (Å²) in [4.78, 5) is 21.3. The molecule has 1 aromatic carbocycles. The fourth-order valence-corrected chi connectivity index (χ4v) is 4.06. The van der Waals surface area contributed by atoms with Gasteiger partial charge < -0.3 is 19.8 Å². The highest BCUT2D eigenvalue weighted by Crippen LogP contribution is 2.36. The molecule has 7 heteroatoms. The number of aromatic nitrogens is 2. The molecule has 0 aliphatic heterocycles. The lowest BCUT2D eigenvalue weighted by atomic mass is 9.98. The van der Waals surface area contributed by atoms with E-state index in [-0.39, 0.29) is 17.8 Å². The van der Waals surface area contributed by atoms with E-state index < -0.39 is 0 Å². The van der Waals surface area contributed by atoms with Crippen molar-refractivity contribution in [2.24, 2.45) is 0 Å². The van der Waals surface area contributed by atoms with E-state index in [1.165, 1.54) is 6.26 Å². The number of rotatable bonds is 8. The molecule has 7 nitrogen and oxygen atoms in total. The van der Waals surface area contributed by atoms with Crippen molar-refractivity contribution >= 4 is 23.0 Å². The van der Waals surface area contributed by atoms with Gasteiger partial charge in [-0.05, 0) is 42.0 Å². The van der Waals surface area contributed by atoms with E-state index in [2.05, 4.69) is 33.3 Å². The molecule has 1 atom stereocenters. The quantitative estimate of drug-likeness (QED) is 0.299. The molecule has 2 N–H and O–H groups in total. The molecule has 5 rings (SSSR count). The summed E-state index contributed by atoms with van der Waals surface area (Å²) in [7, 11) is 1.81. The molecule has 1 unspecified atom stereocenters. The molecular formula is C30H26N4O3. The van der Waals surface area contributed by atoms with Crippen molar-refractivity contribution in [3.8, 4) is 16.9 Å². The van der Waals surface area contributed by atoms with Gasteiger partial charge in [0.15, 0.2) is 5.76 Å². The molecule has 4 aromatic rings. The van der Waals surface area contributed by atoms with Crippen LogP contribution < -0.4 is 15.4 Å². The Bertz CT molecular complexity index is 1490. The number of ether oxygens (including phenoxy) is 1. The molecule has 3 heterocycles. The highest BCUT2D eigenvalue weighted by atomic mass is 16.5. The Morgan fingerprint density at radius 3 is 2.81 bits per heavy atom. The number of pyridine rings is 2. The molecule has 0 fully saturated rings. The molecule has 0 bridgehead atoms. The maximum Gasteiger partial charge on any atom is 0.291 e. The minimum Gasteiger partial charge on any atom is -0.485 e. The van der Waals surface area contributed by atoms with Crippen LogP contribution in [0.1, 0.15) is 28.1 Å². The van der Waals surface area contributed by atoms with Gasteiger partial charge in [-0.3, -0.25) is 9.78 Å². The zero-order chi connectivity index (χ0) is 25.6. The van der Waals surface area contributed by atoms with Crippen LogP contribution in [0.5, 0.6) is 5.75 Å². The summed E-state index contributed by atoms with van der Waals surface area (Å²) >= 11 is 0. The molecular weight excluding hydrogens is 464 g/mol. The summed E-state index contributed by atoms with van der Waals surface area (Å²) in [6, 6.07) is 15.1. The van der Waals surface area contributed by atoms with Crippen LogP contribution in [-0.4, -0.2) is 29.0 Å². The van der Waals surface area contributed by atoms with Gasteiger partial charge in [0.05, 0.1) is 18.1 Å². The van der Waals surface area contributed by atoms with E-state index in [0.717, 1.165) is 28.9 Å². The number of para-hydroxylation sites is 1. The second-order valence-corrected chi connectivity index (χ2v) is 8.45. The lowest BCUT2D eigenvalue weighted by Crippen LogP contribution is -2.14. The summed E-state index contributed by atoms with van der Waals surface area (Å²) in [6.45, 7) is 4.28. The minimum atomic E-state index is -0.370. The average Bonchev–Trinajstić information content (AvgIpc) is 3.44. The Morgan fingerprint density at radius 2 is 2.03 bits per heavy atom. The summed E-state index contributed by atoms with van der Waals surface area (Å²) in [5.41, 5.74) is 4.53. The number of furan rings is 1. The largest absolute Gasteiger partial charge is 0.485 e. The standard InChI is InChI=1S/C30H26N4O3/c1-20(22-16-28(36-19-22)30(35)34-23-9-8-14-32-18-23)26-15-21(17-33-29(26)31-2)25-12-6-7-13-27(25)37-24-10-4-3-5-11-24/h3-10,12-19,24H,1,11H2,2H3,(H,31,33)(H,34,35). The number of anilines is 2. The number of allylic oxidation sites excluding steroid dienone is 2. The van der Waals surface area contributed by atoms with E-state index in [9.17, 15) is 4.79 Å². The minimum absolute atomic E-state index is 0.0210. The van der Waals surface area contributed by atoms with E-state index >= 15 is 0 Å². The Labute approximate surface area is 215 Å². The normalized spacial score (nSPS) is 14.2. The van der Waals surface area contributed by atoms with Crippen LogP contribution in [0.4, 0.5) is 11.5 Å². The number of hydrogen-bond acceptors (Lipinski definition) is 6. The number of amides is 1. The molecule has 184 valence electrons. The van der Waals surface area contributed by atoms with Crippen molar-refractivity contribution in [2.45, 2.75) is 12.5 Å². The predicted molar refractivity (Wildman–Crippen MR) is 146 cm³/mol. The molecule has 37 heavy (non-hydrogen) atoms. The van der Waals surface area contributed by atoms with Gasteiger partial charge in [0, 0.05) is 48.1 Å². The first-order chi connectivity index (χ1) is 18.1. The second-order valence-electron chi connectivity index (χ2n) is 8.45. The Hall–Kier alpha value is -4.91. The number of hydrogen-bond donors (Lipinski definition) is 2. The second kappa shape index (κ2) is 10.8. The van der Waals surface area contributed by atoms with Crippen LogP contribution in [0.3, 0.4) is 0 Å². The molecule has 1 amide bonds. The average molecular weight is 491 g/mol. The lowest BCUT2D eigenvalue weighted by molar-refractivity contribution is 0.0996. The van der Waals surface area contributed by atoms with Crippen LogP contribution in [-0.2, 0) is 0 Å². The Morgan fingerprint density at radius 1 is 1.14 bits per heavy atom. The first kappa shape index (κ1) is 23.8. The van der Waals surface area contributed by atoms with Crippen molar-refractivity contribution in [1.82, 2.24) is 9.97 Å².